The third kappa shape index (κ3) is 15.3. The number of aliphatic hydroxyl groups is 3. The van der Waals surface area contributed by atoms with Gasteiger partial charge in [-0.3, -0.25) is 19.2 Å². The number of Topliss-reactive ketones (excluding diaryl/α,β-unsaturated/α-hetero) is 3. The molecule has 1 aliphatic carbocycles. The molecule has 1 saturated carbocycles. The summed E-state index contributed by atoms with van der Waals surface area (Å²) in [5.74, 6) is -7.96. The van der Waals surface area contributed by atoms with Crippen molar-refractivity contribution in [2.75, 3.05) is 41.1 Å². The average Bonchev–Trinajstić information content (AvgIpc) is 3.32. The molecule has 1 amide bonds. The molecule has 384 valence electrons. The van der Waals surface area contributed by atoms with Crippen LogP contribution in [0.2, 0.25) is 0 Å². The summed E-state index contributed by atoms with van der Waals surface area (Å²) in [4.78, 5) is 72.1. The van der Waals surface area contributed by atoms with Gasteiger partial charge in [0.05, 0.1) is 37.6 Å². The average molecular weight is 958 g/mol. The zero-order chi connectivity index (χ0) is 50.3. The van der Waals surface area contributed by atoms with Crippen molar-refractivity contribution in [1.82, 2.24) is 4.90 Å². The Morgan fingerprint density at radius 3 is 2.26 bits per heavy atom. The number of fused-ring (bicyclic) bond motifs is 3. The van der Waals surface area contributed by atoms with Crippen molar-refractivity contribution >= 4 is 29.2 Å². The molecule has 1 unspecified atom stereocenters. The van der Waals surface area contributed by atoms with E-state index in [1.54, 1.807) is 41.1 Å². The smallest absolute Gasteiger partial charge is 0.329 e. The molecule has 3 heterocycles. The van der Waals surface area contributed by atoms with Gasteiger partial charge in [0.2, 0.25) is 5.79 Å². The Morgan fingerprint density at radius 2 is 1.59 bits per heavy atom. The lowest BCUT2D eigenvalue weighted by molar-refractivity contribution is -0.265. The minimum absolute atomic E-state index is 0.0158. The number of ketones is 3. The lowest BCUT2D eigenvalue weighted by Gasteiger charge is -2.42. The van der Waals surface area contributed by atoms with Crippen LogP contribution in [0, 0.1) is 35.5 Å². The summed E-state index contributed by atoms with van der Waals surface area (Å²) in [5.41, 5.74) is 1.26. The fraction of sp³-hybridized carbons (Fsp3) is 0.755. The monoisotopic (exact) mass is 958 g/mol. The summed E-state index contributed by atoms with van der Waals surface area (Å²) in [6, 6.07) is -1.14. The Balaban J connectivity index is 1.70. The van der Waals surface area contributed by atoms with Crippen LogP contribution in [0.15, 0.2) is 47.6 Å². The van der Waals surface area contributed by atoms with Gasteiger partial charge >= 0.3 is 5.97 Å². The standard InChI is InChI=1S/C53H83NO14/c1-32-16-12-11-13-17-33(2)44(63-8)30-40-21-19-38(7)53(62,68-40)50(59)51(60)54-23-15-14-18-41(54)52(61)67-45(35(4)28-39-20-22-43(66-25-24-55)46(29-39)64-9)31-42(56)34(3)27-37(6)48(58)49(65-10)47(57)36(5)26-32/h11-13,16-17,27,32,34-36,38-41,43-46,48-49,55,58,62H,14-15,18-26,28-31H2,1-10H3/t32-,34+,35-,36-,38-,39-,40+,41+,43+,44-,45?,46+,48+,49-,53-/m0/s1. The van der Waals surface area contributed by atoms with Crippen LogP contribution in [-0.2, 0) is 52.4 Å². The van der Waals surface area contributed by atoms with Crippen LogP contribution in [-0.4, -0.2) is 145 Å². The SMILES string of the molecule is CO[C@H]1C[C@H]2CC[C@H](C)[C@](O)(O2)C(=O)C(=O)N2CCCC[C@@H]2C(=O)OC([C@@H](C)C[C@@H]2CC[C@@H](OCCO)[C@H](OC)C2)CC(=O)[C@H](C)C=C(C)[C@@H](O)[C@@H](OC)C(=O)[C@@H](C)C[C@@H](C)C=CC=CC=C1C. The molecule has 0 aromatic rings. The fourth-order valence-electron chi connectivity index (χ4n) is 10.5. The molecule has 3 aliphatic heterocycles. The van der Waals surface area contributed by atoms with E-state index in [1.807, 2.05) is 58.1 Å². The van der Waals surface area contributed by atoms with Crippen molar-refractivity contribution in [3.05, 3.63) is 47.6 Å². The lowest BCUT2D eigenvalue weighted by Crippen LogP contribution is -2.61. The first-order chi connectivity index (χ1) is 32.3. The maximum atomic E-state index is 14.5. The number of esters is 1. The molecule has 0 aromatic carbocycles. The molecular formula is C53H83NO14. The molecule has 4 aliphatic rings. The highest BCUT2D eigenvalue weighted by Gasteiger charge is 2.53. The molecule has 0 radical (unpaired) electrons. The summed E-state index contributed by atoms with van der Waals surface area (Å²) < 4.78 is 35.6. The van der Waals surface area contributed by atoms with Gasteiger partial charge in [0.15, 0.2) is 5.78 Å². The van der Waals surface area contributed by atoms with Gasteiger partial charge in [-0.25, -0.2) is 4.79 Å². The van der Waals surface area contributed by atoms with Crippen LogP contribution in [0.4, 0.5) is 0 Å². The summed E-state index contributed by atoms with van der Waals surface area (Å²) in [5, 5.41) is 32.8. The van der Waals surface area contributed by atoms with Crippen LogP contribution in [0.5, 0.6) is 0 Å². The van der Waals surface area contributed by atoms with Gasteiger partial charge in [0.25, 0.3) is 11.7 Å². The van der Waals surface area contributed by atoms with Crippen LogP contribution in [0.25, 0.3) is 0 Å². The van der Waals surface area contributed by atoms with E-state index in [2.05, 4.69) is 0 Å². The highest BCUT2D eigenvalue weighted by molar-refractivity contribution is 6.39. The number of carbonyl (C=O) groups excluding carboxylic acids is 5. The van der Waals surface area contributed by atoms with Gasteiger partial charge in [0, 0.05) is 58.5 Å². The van der Waals surface area contributed by atoms with Gasteiger partial charge in [0.1, 0.15) is 30.1 Å². The molecule has 3 N–H and O–H groups in total. The maximum absolute atomic E-state index is 14.5. The first-order valence-electron chi connectivity index (χ1n) is 25.0. The summed E-state index contributed by atoms with van der Waals surface area (Å²) in [6.45, 7) is 12.9. The number of ether oxygens (including phenoxy) is 6. The van der Waals surface area contributed by atoms with E-state index >= 15 is 0 Å². The molecule has 3 fully saturated rings. The predicted octanol–water partition coefficient (Wildman–Crippen LogP) is 6.20. The zero-order valence-electron chi connectivity index (χ0n) is 42.4. The molecule has 68 heavy (non-hydrogen) atoms. The molecule has 2 saturated heterocycles. The number of carbonyl (C=O) groups is 5. The molecule has 4 rings (SSSR count). The Labute approximate surface area is 405 Å². The number of hydrogen-bond donors (Lipinski definition) is 3. The Bertz CT molecular complexity index is 1810. The maximum Gasteiger partial charge on any atom is 0.329 e. The molecule has 15 nitrogen and oxygen atoms in total. The lowest BCUT2D eigenvalue weighted by atomic mass is 9.78. The second-order valence-electron chi connectivity index (χ2n) is 20.2. The topological polar surface area (TPSA) is 205 Å². The van der Waals surface area contributed by atoms with Crippen LogP contribution >= 0.6 is 0 Å². The van der Waals surface area contributed by atoms with E-state index in [0.717, 1.165) is 12.0 Å². The first kappa shape index (κ1) is 57.2. The number of hydrogen-bond acceptors (Lipinski definition) is 14. The van der Waals surface area contributed by atoms with Gasteiger partial charge in [-0.2, -0.15) is 0 Å². The summed E-state index contributed by atoms with van der Waals surface area (Å²) >= 11 is 0. The Kier molecular flexibility index (Phi) is 22.9. The fourth-order valence-corrected chi connectivity index (χ4v) is 10.5. The quantitative estimate of drug-likeness (QED) is 0.134. The normalized spacial score (nSPS) is 36.7. The molecular weight excluding hydrogens is 875 g/mol. The Morgan fingerprint density at radius 1 is 0.853 bits per heavy atom. The van der Waals surface area contributed by atoms with Gasteiger partial charge in [-0.15, -0.1) is 0 Å². The van der Waals surface area contributed by atoms with E-state index in [9.17, 15) is 39.3 Å². The number of piperidine rings is 1. The van der Waals surface area contributed by atoms with E-state index in [-0.39, 0.29) is 74.1 Å². The number of amides is 1. The van der Waals surface area contributed by atoms with Gasteiger partial charge in [-0.05, 0) is 107 Å². The van der Waals surface area contributed by atoms with Crippen molar-refractivity contribution in [1.29, 1.82) is 0 Å². The van der Waals surface area contributed by atoms with Crippen LogP contribution in [0.1, 0.15) is 126 Å². The predicted molar refractivity (Wildman–Crippen MR) is 256 cm³/mol. The second kappa shape index (κ2) is 27.3. The van der Waals surface area contributed by atoms with Gasteiger partial charge in [-0.1, -0.05) is 71.1 Å². The molecule has 0 aromatic heterocycles. The van der Waals surface area contributed by atoms with Crippen molar-refractivity contribution in [3.8, 4) is 0 Å². The van der Waals surface area contributed by atoms with Crippen molar-refractivity contribution in [2.45, 2.75) is 180 Å². The second-order valence-corrected chi connectivity index (χ2v) is 20.2. The van der Waals surface area contributed by atoms with Crippen molar-refractivity contribution in [2.24, 2.45) is 35.5 Å². The van der Waals surface area contributed by atoms with Crippen LogP contribution in [0.3, 0.4) is 0 Å². The number of allylic oxidation sites excluding steroid dienone is 6. The zero-order valence-corrected chi connectivity index (χ0v) is 42.4. The highest BCUT2D eigenvalue weighted by Crippen LogP contribution is 2.38. The number of aliphatic hydroxyl groups excluding tert-OH is 2. The highest BCUT2D eigenvalue weighted by atomic mass is 16.6. The largest absolute Gasteiger partial charge is 0.460 e. The van der Waals surface area contributed by atoms with Crippen molar-refractivity contribution < 1.29 is 67.7 Å². The number of cyclic esters (lactones) is 1. The molecule has 2 bridgehead atoms. The minimum Gasteiger partial charge on any atom is -0.460 e. The van der Waals surface area contributed by atoms with E-state index in [4.69, 9.17) is 28.4 Å². The molecule has 0 spiro atoms. The van der Waals surface area contributed by atoms with E-state index in [1.165, 1.54) is 12.0 Å². The molecule has 15 heteroatoms. The van der Waals surface area contributed by atoms with Crippen molar-refractivity contribution in [3.63, 3.8) is 0 Å². The third-order valence-corrected chi connectivity index (χ3v) is 14.9. The minimum atomic E-state index is -2.43. The Hall–Kier alpha value is -3.41. The summed E-state index contributed by atoms with van der Waals surface area (Å²) in [7, 11) is 4.58. The number of nitrogens with zero attached hydrogens (tertiary/aromatic N) is 1. The number of methoxy groups -OCH3 is 3. The van der Waals surface area contributed by atoms with E-state index in [0.29, 0.717) is 63.4 Å². The van der Waals surface area contributed by atoms with E-state index < -0.39 is 77.8 Å². The van der Waals surface area contributed by atoms with Gasteiger partial charge < -0.3 is 48.6 Å². The first-order valence-corrected chi connectivity index (χ1v) is 25.0. The summed E-state index contributed by atoms with van der Waals surface area (Å²) in [6.07, 6.45) is 12.0. The molecule has 15 atom stereocenters. The van der Waals surface area contributed by atoms with Crippen LogP contribution < -0.4 is 0 Å². The number of rotatable bonds is 9. The third-order valence-electron chi connectivity index (χ3n) is 14.9.